The van der Waals surface area contributed by atoms with Gasteiger partial charge in [-0.1, -0.05) is 37.6 Å². The first-order valence-electron chi connectivity index (χ1n) is 5.39. The van der Waals surface area contributed by atoms with E-state index in [1.54, 1.807) is 24.3 Å². The molecule has 0 saturated carbocycles. The van der Waals surface area contributed by atoms with Gasteiger partial charge in [-0.25, -0.2) is 8.42 Å². The van der Waals surface area contributed by atoms with E-state index in [1.807, 2.05) is 13.8 Å². The van der Waals surface area contributed by atoms with Crippen molar-refractivity contribution in [2.45, 2.75) is 19.9 Å². The molecule has 1 aromatic rings. The minimum Gasteiger partial charge on any atom is -0.313 e. The van der Waals surface area contributed by atoms with Crippen LogP contribution in [-0.2, 0) is 10.0 Å². The summed E-state index contributed by atoms with van der Waals surface area (Å²) < 4.78 is 25.9. The second kappa shape index (κ2) is 6.23. The third-order valence-corrected chi connectivity index (χ3v) is 3.66. The van der Waals surface area contributed by atoms with Gasteiger partial charge in [-0.05, 0) is 12.1 Å². The number of halogens is 1. The zero-order valence-electron chi connectivity index (χ0n) is 9.90. The summed E-state index contributed by atoms with van der Waals surface area (Å²) in [6.07, 6.45) is 0. The zero-order valence-corrected chi connectivity index (χ0v) is 11.5. The molecule has 4 nitrogen and oxygen atoms in total. The van der Waals surface area contributed by atoms with E-state index in [1.165, 1.54) is 0 Å². The summed E-state index contributed by atoms with van der Waals surface area (Å²) in [6, 6.07) is 7.03. The fourth-order valence-corrected chi connectivity index (χ4v) is 2.49. The lowest BCUT2D eigenvalue weighted by atomic mass is 10.3. The Morgan fingerprint density at radius 1 is 1.29 bits per heavy atom. The van der Waals surface area contributed by atoms with E-state index in [9.17, 15) is 8.42 Å². The Labute approximate surface area is 107 Å². The Hall–Kier alpha value is -0.780. The summed E-state index contributed by atoms with van der Waals surface area (Å²) in [6.45, 7) is 4.35. The minimum absolute atomic E-state index is 0.0242. The fraction of sp³-hybridized carbons (Fsp3) is 0.455. The first kappa shape index (κ1) is 14.3. The van der Waals surface area contributed by atoms with Crippen molar-refractivity contribution < 1.29 is 8.42 Å². The Morgan fingerprint density at radius 3 is 2.53 bits per heavy atom. The van der Waals surface area contributed by atoms with Crippen molar-refractivity contribution in [3.8, 4) is 0 Å². The number of anilines is 1. The zero-order chi connectivity index (χ0) is 12.9. The van der Waals surface area contributed by atoms with Gasteiger partial charge in [0.15, 0.2) is 0 Å². The molecule has 1 aromatic carbocycles. The molecule has 1 rings (SSSR count). The molecule has 0 fully saturated rings. The van der Waals surface area contributed by atoms with E-state index in [4.69, 9.17) is 11.6 Å². The van der Waals surface area contributed by atoms with Gasteiger partial charge in [0.05, 0.1) is 16.5 Å². The fourth-order valence-electron chi connectivity index (χ4n) is 1.24. The highest BCUT2D eigenvalue weighted by Gasteiger charge is 2.11. The predicted molar refractivity (Wildman–Crippen MR) is 72.0 cm³/mol. The van der Waals surface area contributed by atoms with E-state index in [0.29, 0.717) is 17.3 Å². The minimum atomic E-state index is -3.35. The van der Waals surface area contributed by atoms with Gasteiger partial charge < -0.3 is 5.32 Å². The van der Waals surface area contributed by atoms with Crippen LogP contribution in [0.2, 0.25) is 5.02 Å². The van der Waals surface area contributed by atoms with Crippen LogP contribution >= 0.6 is 11.6 Å². The average molecular weight is 277 g/mol. The second-order valence-electron chi connectivity index (χ2n) is 4.01. The maximum Gasteiger partial charge on any atom is 0.234 e. The molecule has 96 valence electrons. The molecule has 0 heterocycles. The third-order valence-electron chi connectivity index (χ3n) is 2.06. The van der Waals surface area contributed by atoms with Crippen LogP contribution in [0.5, 0.6) is 0 Å². The van der Waals surface area contributed by atoms with Crippen LogP contribution in [0.3, 0.4) is 0 Å². The van der Waals surface area contributed by atoms with Crippen molar-refractivity contribution in [3.05, 3.63) is 29.3 Å². The molecule has 0 bridgehead atoms. The van der Waals surface area contributed by atoms with E-state index < -0.39 is 10.0 Å². The molecule has 0 radical (unpaired) electrons. The molecule has 2 N–H and O–H groups in total. The van der Waals surface area contributed by atoms with Crippen LogP contribution in [0.1, 0.15) is 13.8 Å². The van der Waals surface area contributed by atoms with Crippen LogP contribution in [0.25, 0.3) is 0 Å². The SMILES string of the molecule is CC(C)NCCS(=O)(=O)Nc1ccccc1Cl. The highest BCUT2D eigenvalue weighted by Crippen LogP contribution is 2.21. The molecule has 0 saturated heterocycles. The van der Waals surface area contributed by atoms with Crippen LogP contribution in [0.15, 0.2) is 24.3 Å². The molecule has 0 aliphatic rings. The number of hydrogen-bond donors (Lipinski definition) is 2. The summed E-state index contributed by atoms with van der Waals surface area (Å²) in [4.78, 5) is 0. The van der Waals surface area contributed by atoms with Gasteiger partial charge in [0.25, 0.3) is 0 Å². The molecule has 0 unspecified atom stereocenters. The number of rotatable bonds is 6. The van der Waals surface area contributed by atoms with Gasteiger partial charge >= 0.3 is 0 Å². The molecule has 17 heavy (non-hydrogen) atoms. The third kappa shape index (κ3) is 5.39. The molecule has 0 spiro atoms. The molecule has 0 atom stereocenters. The van der Waals surface area contributed by atoms with Gasteiger partial charge in [-0.3, -0.25) is 4.72 Å². The average Bonchev–Trinajstić information content (AvgIpc) is 2.20. The Bertz CT molecular complexity index is 460. The molecule has 0 aromatic heterocycles. The normalized spacial score (nSPS) is 11.8. The Kier molecular flexibility index (Phi) is 5.24. The number of hydrogen-bond acceptors (Lipinski definition) is 3. The molecular weight excluding hydrogens is 260 g/mol. The lowest BCUT2D eigenvalue weighted by Crippen LogP contribution is -2.30. The highest BCUT2D eigenvalue weighted by atomic mass is 35.5. The van der Waals surface area contributed by atoms with Gasteiger partial charge in [0.2, 0.25) is 10.0 Å². The van der Waals surface area contributed by atoms with E-state index in [-0.39, 0.29) is 11.8 Å². The van der Waals surface area contributed by atoms with Crippen molar-refractivity contribution in [2.75, 3.05) is 17.0 Å². The summed E-state index contributed by atoms with van der Waals surface area (Å²) in [5, 5.41) is 3.45. The first-order valence-corrected chi connectivity index (χ1v) is 7.42. The van der Waals surface area contributed by atoms with Crippen molar-refractivity contribution in [1.82, 2.24) is 5.32 Å². The van der Waals surface area contributed by atoms with Crippen molar-refractivity contribution in [2.24, 2.45) is 0 Å². The second-order valence-corrected chi connectivity index (χ2v) is 6.26. The number of sulfonamides is 1. The Morgan fingerprint density at radius 2 is 1.94 bits per heavy atom. The quantitative estimate of drug-likeness (QED) is 0.836. The molecule has 0 aliphatic heterocycles. The van der Waals surface area contributed by atoms with E-state index >= 15 is 0 Å². The number of para-hydroxylation sites is 1. The smallest absolute Gasteiger partial charge is 0.234 e. The number of nitrogens with one attached hydrogen (secondary N) is 2. The van der Waals surface area contributed by atoms with Crippen LogP contribution in [0.4, 0.5) is 5.69 Å². The predicted octanol–water partition coefficient (Wildman–Crippen LogP) is 2.08. The van der Waals surface area contributed by atoms with Crippen molar-refractivity contribution >= 4 is 27.3 Å². The largest absolute Gasteiger partial charge is 0.313 e. The molecule has 0 amide bonds. The lowest BCUT2D eigenvalue weighted by molar-refractivity contribution is 0.582. The van der Waals surface area contributed by atoms with E-state index in [0.717, 1.165) is 0 Å². The summed E-state index contributed by atoms with van der Waals surface area (Å²) in [7, 11) is -3.35. The topological polar surface area (TPSA) is 58.2 Å². The molecular formula is C11H17ClN2O2S. The number of benzene rings is 1. The van der Waals surface area contributed by atoms with Gasteiger partial charge in [-0.15, -0.1) is 0 Å². The maximum absolute atomic E-state index is 11.7. The highest BCUT2D eigenvalue weighted by molar-refractivity contribution is 7.92. The summed E-state index contributed by atoms with van der Waals surface area (Å²) in [5.74, 6) is 0.0242. The summed E-state index contributed by atoms with van der Waals surface area (Å²) >= 11 is 5.87. The van der Waals surface area contributed by atoms with Gasteiger partial charge in [0, 0.05) is 12.6 Å². The van der Waals surface area contributed by atoms with Crippen molar-refractivity contribution in [1.29, 1.82) is 0 Å². The monoisotopic (exact) mass is 276 g/mol. The first-order chi connectivity index (χ1) is 7.91. The van der Waals surface area contributed by atoms with Gasteiger partial charge in [-0.2, -0.15) is 0 Å². The Balaban J connectivity index is 2.58. The standard InChI is InChI=1S/C11H17ClN2O2S/c1-9(2)13-7-8-17(15,16)14-11-6-4-3-5-10(11)12/h3-6,9,13-14H,7-8H2,1-2H3. The van der Waals surface area contributed by atoms with Crippen LogP contribution < -0.4 is 10.0 Å². The maximum atomic E-state index is 11.7. The van der Waals surface area contributed by atoms with Crippen LogP contribution in [-0.4, -0.2) is 26.8 Å². The van der Waals surface area contributed by atoms with Gasteiger partial charge in [0.1, 0.15) is 0 Å². The van der Waals surface area contributed by atoms with Crippen LogP contribution in [0, 0.1) is 0 Å². The van der Waals surface area contributed by atoms with Crippen molar-refractivity contribution in [3.63, 3.8) is 0 Å². The lowest BCUT2D eigenvalue weighted by Gasteiger charge is -2.11. The molecule has 0 aliphatic carbocycles. The summed E-state index contributed by atoms with van der Waals surface area (Å²) in [5.41, 5.74) is 0.415. The molecule has 6 heteroatoms. The van der Waals surface area contributed by atoms with E-state index in [2.05, 4.69) is 10.0 Å².